The van der Waals surface area contributed by atoms with Crippen molar-refractivity contribution in [1.82, 2.24) is 15.2 Å². The van der Waals surface area contributed by atoms with E-state index in [1.54, 1.807) is 7.11 Å². The van der Waals surface area contributed by atoms with Crippen LogP contribution in [-0.4, -0.2) is 42.7 Å². The van der Waals surface area contributed by atoms with Crippen LogP contribution in [0.2, 0.25) is 0 Å². The lowest BCUT2D eigenvalue weighted by Crippen LogP contribution is -2.33. The van der Waals surface area contributed by atoms with Crippen molar-refractivity contribution in [3.05, 3.63) is 23.5 Å². The van der Waals surface area contributed by atoms with Crippen LogP contribution in [0.4, 0.5) is 0 Å². The summed E-state index contributed by atoms with van der Waals surface area (Å²) in [6.45, 7) is 8.86. The molecule has 0 radical (unpaired) electrons. The zero-order valence-corrected chi connectivity index (χ0v) is 12.0. The standard InChI is InChI=1S/C15H23N3O/c1-10-4-14(19-3)5-13(17-10)9-18-8-12-6-16-7-15(12)11(18)2/h4-5,11-12,15-16H,6-9H2,1-3H3. The Balaban J connectivity index is 1.73. The second kappa shape index (κ2) is 5.10. The predicted octanol–water partition coefficient (Wildman–Crippen LogP) is 1.44. The number of aryl methyl sites for hydroxylation is 1. The summed E-state index contributed by atoms with van der Waals surface area (Å²) < 4.78 is 5.33. The highest BCUT2D eigenvalue weighted by atomic mass is 16.5. The number of hydrogen-bond acceptors (Lipinski definition) is 4. The molecule has 19 heavy (non-hydrogen) atoms. The fourth-order valence-electron chi connectivity index (χ4n) is 3.57. The molecule has 3 heterocycles. The van der Waals surface area contributed by atoms with Crippen molar-refractivity contribution in [3.63, 3.8) is 0 Å². The molecule has 0 amide bonds. The van der Waals surface area contributed by atoms with E-state index in [1.807, 2.05) is 13.0 Å². The van der Waals surface area contributed by atoms with Crippen molar-refractivity contribution in [2.45, 2.75) is 26.4 Å². The Kier molecular flexibility index (Phi) is 3.46. The van der Waals surface area contributed by atoms with Crippen molar-refractivity contribution in [3.8, 4) is 5.75 Å². The molecule has 104 valence electrons. The summed E-state index contributed by atoms with van der Waals surface area (Å²) in [4.78, 5) is 7.20. The highest BCUT2D eigenvalue weighted by molar-refractivity contribution is 5.26. The van der Waals surface area contributed by atoms with E-state index >= 15 is 0 Å². The molecule has 0 bridgehead atoms. The van der Waals surface area contributed by atoms with Crippen molar-refractivity contribution in [2.24, 2.45) is 11.8 Å². The summed E-state index contributed by atoms with van der Waals surface area (Å²) in [7, 11) is 1.72. The molecular weight excluding hydrogens is 238 g/mol. The van der Waals surface area contributed by atoms with Crippen molar-refractivity contribution < 1.29 is 4.74 Å². The zero-order chi connectivity index (χ0) is 13.4. The third-order valence-corrected chi connectivity index (χ3v) is 4.64. The molecule has 3 unspecified atom stereocenters. The number of pyridine rings is 1. The van der Waals surface area contributed by atoms with Gasteiger partial charge in [-0.15, -0.1) is 0 Å². The molecule has 1 N–H and O–H groups in total. The lowest BCUT2D eigenvalue weighted by molar-refractivity contribution is 0.228. The Morgan fingerprint density at radius 2 is 2.26 bits per heavy atom. The fraction of sp³-hybridized carbons (Fsp3) is 0.667. The highest BCUT2D eigenvalue weighted by Crippen LogP contribution is 2.33. The van der Waals surface area contributed by atoms with Crippen LogP contribution in [0.15, 0.2) is 12.1 Å². The smallest absolute Gasteiger partial charge is 0.122 e. The summed E-state index contributed by atoms with van der Waals surface area (Å²) >= 11 is 0. The molecule has 4 heteroatoms. The molecule has 0 spiro atoms. The van der Waals surface area contributed by atoms with E-state index in [-0.39, 0.29) is 0 Å². The predicted molar refractivity (Wildman–Crippen MR) is 75.2 cm³/mol. The minimum atomic E-state index is 0.647. The van der Waals surface area contributed by atoms with Crippen LogP contribution in [0.25, 0.3) is 0 Å². The van der Waals surface area contributed by atoms with Gasteiger partial charge in [0.15, 0.2) is 0 Å². The molecule has 2 aliphatic heterocycles. The first-order valence-electron chi connectivity index (χ1n) is 7.13. The minimum absolute atomic E-state index is 0.647. The average molecular weight is 261 g/mol. The van der Waals surface area contributed by atoms with Gasteiger partial charge >= 0.3 is 0 Å². The maximum atomic E-state index is 5.33. The first-order chi connectivity index (χ1) is 9.17. The molecule has 2 saturated heterocycles. The number of nitrogens with one attached hydrogen (secondary N) is 1. The summed E-state index contributed by atoms with van der Waals surface area (Å²) in [6, 6.07) is 4.69. The van der Waals surface area contributed by atoms with E-state index in [4.69, 9.17) is 4.74 Å². The third kappa shape index (κ3) is 2.47. The maximum absolute atomic E-state index is 5.33. The summed E-state index contributed by atoms with van der Waals surface area (Å²) in [6.07, 6.45) is 0. The molecule has 3 atom stereocenters. The maximum Gasteiger partial charge on any atom is 0.122 e. The molecule has 1 aromatic heterocycles. The number of nitrogens with zero attached hydrogens (tertiary/aromatic N) is 2. The Morgan fingerprint density at radius 1 is 1.42 bits per heavy atom. The summed E-state index contributed by atoms with van der Waals surface area (Å²) in [5, 5.41) is 3.50. The first-order valence-corrected chi connectivity index (χ1v) is 7.13. The molecular formula is C15H23N3O. The van der Waals surface area contributed by atoms with Crippen LogP contribution in [0.3, 0.4) is 0 Å². The molecule has 3 rings (SSSR count). The zero-order valence-electron chi connectivity index (χ0n) is 12.0. The van der Waals surface area contributed by atoms with Gasteiger partial charge in [-0.1, -0.05) is 0 Å². The van der Waals surface area contributed by atoms with Gasteiger partial charge in [-0.05, 0) is 38.8 Å². The SMILES string of the molecule is COc1cc(C)nc(CN2CC3CNCC3C2C)c1. The number of fused-ring (bicyclic) bond motifs is 1. The third-order valence-electron chi connectivity index (χ3n) is 4.64. The molecule has 1 aromatic rings. The molecule has 2 fully saturated rings. The van der Waals surface area contributed by atoms with Crippen LogP contribution >= 0.6 is 0 Å². The monoisotopic (exact) mass is 261 g/mol. The van der Waals surface area contributed by atoms with Crippen LogP contribution in [0.1, 0.15) is 18.3 Å². The van der Waals surface area contributed by atoms with Crippen LogP contribution in [-0.2, 0) is 6.54 Å². The fourth-order valence-corrected chi connectivity index (χ4v) is 3.57. The Labute approximate surface area is 115 Å². The largest absolute Gasteiger partial charge is 0.497 e. The normalized spacial score (nSPS) is 30.6. The second-order valence-corrected chi connectivity index (χ2v) is 5.89. The number of methoxy groups -OCH3 is 1. The van der Waals surface area contributed by atoms with Gasteiger partial charge < -0.3 is 10.1 Å². The van der Waals surface area contributed by atoms with Crippen LogP contribution in [0.5, 0.6) is 5.75 Å². The van der Waals surface area contributed by atoms with E-state index in [9.17, 15) is 0 Å². The second-order valence-electron chi connectivity index (χ2n) is 5.89. The van der Waals surface area contributed by atoms with Crippen LogP contribution in [0, 0.1) is 18.8 Å². The lowest BCUT2D eigenvalue weighted by atomic mass is 9.95. The molecule has 0 aliphatic carbocycles. The van der Waals surface area contributed by atoms with E-state index in [0.717, 1.165) is 35.5 Å². The van der Waals surface area contributed by atoms with Gasteiger partial charge in [0.2, 0.25) is 0 Å². The first kappa shape index (κ1) is 12.9. The van der Waals surface area contributed by atoms with Crippen molar-refractivity contribution in [1.29, 1.82) is 0 Å². The Morgan fingerprint density at radius 3 is 3.00 bits per heavy atom. The summed E-state index contributed by atoms with van der Waals surface area (Å²) in [5.74, 6) is 2.55. The molecule has 0 saturated carbocycles. The molecule has 4 nitrogen and oxygen atoms in total. The van der Waals surface area contributed by atoms with Gasteiger partial charge in [0.1, 0.15) is 5.75 Å². The van der Waals surface area contributed by atoms with Gasteiger partial charge in [0, 0.05) is 37.0 Å². The average Bonchev–Trinajstić information content (AvgIpc) is 2.94. The number of hydrogen-bond donors (Lipinski definition) is 1. The number of likely N-dealkylation sites (tertiary alicyclic amines) is 1. The van der Waals surface area contributed by atoms with Crippen LogP contribution < -0.4 is 10.1 Å². The van der Waals surface area contributed by atoms with E-state index in [0.29, 0.717) is 6.04 Å². The summed E-state index contributed by atoms with van der Waals surface area (Å²) in [5.41, 5.74) is 2.15. The van der Waals surface area contributed by atoms with Crippen molar-refractivity contribution >= 4 is 0 Å². The van der Waals surface area contributed by atoms with Gasteiger partial charge in [-0.2, -0.15) is 0 Å². The van der Waals surface area contributed by atoms with E-state index < -0.39 is 0 Å². The van der Waals surface area contributed by atoms with E-state index in [2.05, 4.69) is 28.2 Å². The quantitative estimate of drug-likeness (QED) is 0.893. The highest BCUT2D eigenvalue weighted by Gasteiger charge is 2.41. The Bertz CT molecular complexity index is 463. The number of rotatable bonds is 3. The van der Waals surface area contributed by atoms with Gasteiger partial charge in [0.05, 0.1) is 12.8 Å². The van der Waals surface area contributed by atoms with Gasteiger partial charge in [0.25, 0.3) is 0 Å². The van der Waals surface area contributed by atoms with Gasteiger partial charge in [-0.25, -0.2) is 0 Å². The molecule has 2 aliphatic rings. The van der Waals surface area contributed by atoms with Crippen molar-refractivity contribution in [2.75, 3.05) is 26.7 Å². The lowest BCUT2D eigenvalue weighted by Gasteiger charge is -2.24. The minimum Gasteiger partial charge on any atom is -0.497 e. The number of ether oxygens (including phenoxy) is 1. The Hall–Kier alpha value is -1.13. The number of aromatic nitrogens is 1. The molecule has 0 aromatic carbocycles. The van der Waals surface area contributed by atoms with Gasteiger partial charge in [-0.3, -0.25) is 9.88 Å². The van der Waals surface area contributed by atoms with E-state index in [1.165, 1.54) is 19.6 Å². The topological polar surface area (TPSA) is 37.4 Å².